The van der Waals surface area contributed by atoms with Gasteiger partial charge in [-0.25, -0.2) is 8.60 Å². The van der Waals surface area contributed by atoms with E-state index in [-0.39, 0.29) is 27.8 Å². The lowest BCUT2D eigenvalue weighted by atomic mass is 10.2. The van der Waals surface area contributed by atoms with Gasteiger partial charge in [0.25, 0.3) is 0 Å². The van der Waals surface area contributed by atoms with Crippen molar-refractivity contribution in [2.75, 3.05) is 14.2 Å². The zero-order valence-corrected chi connectivity index (χ0v) is 14.2. The van der Waals surface area contributed by atoms with E-state index in [0.717, 1.165) is 12.1 Å². The third-order valence-corrected chi connectivity index (χ3v) is 4.01. The first-order chi connectivity index (χ1) is 11.8. The van der Waals surface area contributed by atoms with E-state index in [0.29, 0.717) is 5.56 Å². The topological polar surface area (TPSA) is 106 Å². The number of hydrazone groups is 1. The SMILES string of the molecule is COc1cc(/C=N/N(C)C(=N)c2ccc(F)cc2S(=O)O)ccc1O. The predicted molar refractivity (Wildman–Crippen MR) is 92.3 cm³/mol. The number of rotatable bonds is 5. The fourth-order valence-corrected chi connectivity index (χ4v) is 2.56. The van der Waals surface area contributed by atoms with Crippen molar-refractivity contribution in [3.8, 4) is 11.5 Å². The molecule has 132 valence electrons. The number of hydrogen-bond donors (Lipinski definition) is 3. The smallest absolute Gasteiger partial charge is 0.187 e. The first-order valence-corrected chi connectivity index (χ1v) is 8.08. The Balaban J connectivity index is 2.25. The van der Waals surface area contributed by atoms with Crippen LogP contribution < -0.4 is 4.74 Å². The molecular weight excluding hydrogens is 349 g/mol. The Morgan fingerprint density at radius 2 is 2.08 bits per heavy atom. The highest BCUT2D eigenvalue weighted by Gasteiger charge is 2.16. The maximum Gasteiger partial charge on any atom is 0.187 e. The van der Waals surface area contributed by atoms with Crippen molar-refractivity contribution >= 4 is 23.1 Å². The average molecular weight is 365 g/mol. The Bertz CT molecular complexity index is 857. The Kier molecular flexibility index (Phi) is 5.84. The second-order valence-corrected chi connectivity index (χ2v) is 5.88. The summed E-state index contributed by atoms with van der Waals surface area (Å²) >= 11 is -2.44. The number of halogens is 1. The van der Waals surface area contributed by atoms with Crippen LogP contribution in [0.5, 0.6) is 11.5 Å². The molecule has 0 aliphatic carbocycles. The van der Waals surface area contributed by atoms with Gasteiger partial charge in [-0.2, -0.15) is 5.10 Å². The van der Waals surface area contributed by atoms with E-state index in [2.05, 4.69) is 5.10 Å². The number of phenolic OH excluding ortho intramolecular Hbond substituents is 1. The van der Waals surface area contributed by atoms with Gasteiger partial charge in [0.15, 0.2) is 22.6 Å². The minimum Gasteiger partial charge on any atom is -0.504 e. The molecule has 0 saturated carbocycles. The van der Waals surface area contributed by atoms with Gasteiger partial charge in [0.05, 0.1) is 18.2 Å². The lowest BCUT2D eigenvalue weighted by molar-refractivity contribution is 0.373. The van der Waals surface area contributed by atoms with Crippen molar-refractivity contribution in [3.63, 3.8) is 0 Å². The van der Waals surface area contributed by atoms with Crippen molar-refractivity contribution in [2.45, 2.75) is 4.90 Å². The molecule has 1 unspecified atom stereocenters. The standard InChI is InChI=1S/C16H16FN3O4S/c1-20(19-9-10-3-6-13(21)14(7-10)24-2)16(18)12-5-4-11(17)8-15(12)25(22)23/h3-9,18,21H,1-2H3,(H,22,23)/b18-16?,19-9+. The molecule has 0 bridgehead atoms. The van der Waals surface area contributed by atoms with Crippen LogP contribution in [0, 0.1) is 11.2 Å². The molecule has 0 saturated heterocycles. The Morgan fingerprint density at radius 3 is 2.72 bits per heavy atom. The van der Waals surface area contributed by atoms with Crippen LogP contribution in [0.25, 0.3) is 0 Å². The zero-order chi connectivity index (χ0) is 18.6. The third-order valence-electron chi connectivity index (χ3n) is 3.29. The van der Waals surface area contributed by atoms with E-state index in [1.54, 1.807) is 12.1 Å². The fraction of sp³-hybridized carbons (Fsp3) is 0.125. The third kappa shape index (κ3) is 4.40. The highest BCUT2D eigenvalue weighted by molar-refractivity contribution is 7.79. The Labute approximate surface area is 146 Å². The van der Waals surface area contributed by atoms with Gasteiger partial charge in [-0.05, 0) is 42.0 Å². The number of aromatic hydroxyl groups is 1. The van der Waals surface area contributed by atoms with Crippen LogP contribution in [0.4, 0.5) is 4.39 Å². The molecule has 9 heteroatoms. The molecule has 1 atom stereocenters. The van der Waals surface area contributed by atoms with Gasteiger partial charge in [0.1, 0.15) is 11.7 Å². The van der Waals surface area contributed by atoms with E-state index in [4.69, 9.17) is 10.1 Å². The molecule has 0 fully saturated rings. The number of ether oxygens (including phenoxy) is 1. The van der Waals surface area contributed by atoms with Gasteiger partial charge in [0, 0.05) is 12.6 Å². The molecule has 0 heterocycles. The maximum absolute atomic E-state index is 13.3. The highest BCUT2D eigenvalue weighted by Crippen LogP contribution is 2.25. The summed E-state index contributed by atoms with van der Waals surface area (Å²) in [6.07, 6.45) is 1.43. The molecule has 0 aromatic heterocycles. The lowest BCUT2D eigenvalue weighted by Gasteiger charge is -2.16. The highest BCUT2D eigenvalue weighted by atomic mass is 32.2. The molecule has 0 aliphatic rings. The van der Waals surface area contributed by atoms with Crippen molar-refractivity contribution in [1.29, 1.82) is 5.41 Å². The zero-order valence-electron chi connectivity index (χ0n) is 13.4. The second kappa shape index (κ2) is 7.86. The monoisotopic (exact) mass is 365 g/mol. The molecule has 0 radical (unpaired) electrons. The summed E-state index contributed by atoms with van der Waals surface area (Å²) in [4.78, 5) is -0.210. The summed E-state index contributed by atoms with van der Waals surface area (Å²) in [5, 5.41) is 22.9. The van der Waals surface area contributed by atoms with Crippen LogP contribution >= 0.6 is 0 Å². The summed E-state index contributed by atoms with van der Waals surface area (Å²) in [5.41, 5.74) is 0.699. The summed E-state index contributed by atoms with van der Waals surface area (Å²) in [6, 6.07) is 7.85. The summed E-state index contributed by atoms with van der Waals surface area (Å²) in [6.45, 7) is 0. The second-order valence-electron chi connectivity index (χ2n) is 4.94. The van der Waals surface area contributed by atoms with Crippen molar-refractivity contribution in [1.82, 2.24) is 5.01 Å². The Hall–Kier alpha value is -2.78. The number of nitrogens with zero attached hydrogens (tertiary/aromatic N) is 2. The molecule has 2 rings (SSSR count). The average Bonchev–Trinajstić information content (AvgIpc) is 2.59. The molecule has 7 nitrogen and oxygen atoms in total. The molecule has 3 N–H and O–H groups in total. The molecule has 25 heavy (non-hydrogen) atoms. The van der Waals surface area contributed by atoms with Crippen LogP contribution in [-0.2, 0) is 11.1 Å². The number of nitrogens with one attached hydrogen (secondary N) is 1. The molecular formula is C16H16FN3O4S. The fourth-order valence-electron chi connectivity index (χ4n) is 2.00. The molecule has 2 aromatic carbocycles. The van der Waals surface area contributed by atoms with Crippen LogP contribution in [-0.4, -0.2) is 45.1 Å². The van der Waals surface area contributed by atoms with Crippen LogP contribution in [0.3, 0.4) is 0 Å². The minimum atomic E-state index is -2.44. The number of amidine groups is 1. The van der Waals surface area contributed by atoms with E-state index in [9.17, 15) is 18.3 Å². The van der Waals surface area contributed by atoms with Gasteiger partial charge in [-0.1, -0.05) is 0 Å². The van der Waals surface area contributed by atoms with Gasteiger partial charge in [0.2, 0.25) is 0 Å². The summed E-state index contributed by atoms with van der Waals surface area (Å²) in [5.74, 6) is -0.587. The first kappa shape index (κ1) is 18.6. The van der Waals surface area contributed by atoms with E-state index >= 15 is 0 Å². The van der Waals surface area contributed by atoms with E-state index in [1.807, 2.05) is 0 Å². The van der Waals surface area contributed by atoms with Crippen molar-refractivity contribution in [2.24, 2.45) is 5.10 Å². The van der Waals surface area contributed by atoms with Crippen LogP contribution in [0.15, 0.2) is 46.4 Å². The quantitative estimate of drug-likeness (QED) is 0.326. The van der Waals surface area contributed by atoms with Crippen LogP contribution in [0.2, 0.25) is 0 Å². The van der Waals surface area contributed by atoms with Crippen molar-refractivity contribution in [3.05, 3.63) is 53.3 Å². The lowest BCUT2D eigenvalue weighted by Crippen LogP contribution is -2.23. The number of methoxy groups -OCH3 is 1. The van der Waals surface area contributed by atoms with Gasteiger partial charge < -0.3 is 14.4 Å². The van der Waals surface area contributed by atoms with E-state index in [1.165, 1.54) is 37.5 Å². The normalized spacial score (nSPS) is 12.2. The van der Waals surface area contributed by atoms with Gasteiger partial charge in [-0.15, -0.1) is 0 Å². The van der Waals surface area contributed by atoms with E-state index < -0.39 is 16.9 Å². The molecule has 2 aromatic rings. The number of benzene rings is 2. The molecule has 0 spiro atoms. The van der Waals surface area contributed by atoms with Crippen molar-refractivity contribution < 1.29 is 23.0 Å². The van der Waals surface area contributed by atoms with Gasteiger partial charge in [-0.3, -0.25) is 10.4 Å². The van der Waals surface area contributed by atoms with Gasteiger partial charge >= 0.3 is 0 Å². The summed E-state index contributed by atoms with van der Waals surface area (Å²) in [7, 11) is 2.90. The summed E-state index contributed by atoms with van der Waals surface area (Å²) < 4.78 is 38.9. The van der Waals surface area contributed by atoms with Crippen LogP contribution in [0.1, 0.15) is 11.1 Å². The largest absolute Gasteiger partial charge is 0.504 e. The molecule has 0 amide bonds. The Morgan fingerprint density at radius 1 is 1.36 bits per heavy atom. The predicted octanol–water partition coefficient (Wildman–Crippen LogP) is 2.41. The number of phenols is 1. The molecule has 0 aliphatic heterocycles. The first-order valence-electron chi connectivity index (χ1n) is 6.97. The minimum absolute atomic E-state index is 0.0119. The number of hydrogen-bond acceptors (Lipinski definition) is 5. The maximum atomic E-state index is 13.3.